The maximum Gasteiger partial charge on any atom is 0.305 e. The van der Waals surface area contributed by atoms with Crippen molar-refractivity contribution in [2.24, 2.45) is 11.0 Å². The van der Waals surface area contributed by atoms with Gasteiger partial charge in [-0.25, -0.2) is 0 Å². The number of ether oxygens (including phenoxy) is 1. The van der Waals surface area contributed by atoms with Gasteiger partial charge in [0.25, 0.3) is 0 Å². The first-order chi connectivity index (χ1) is 9.13. The minimum atomic E-state index is -0.168. The fourth-order valence-electron chi connectivity index (χ4n) is 2.37. The smallest absolute Gasteiger partial charge is 0.305 e. The Balaban J connectivity index is 2.18. The van der Waals surface area contributed by atoms with Crippen LogP contribution in [0, 0.1) is 5.92 Å². The summed E-state index contributed by atoms with van der Waals surface area (Å²) in [6.07, 6.45) is 1.17. The Morgan fingerprint density at radius 3 is 2.63 bits per heavy atom. The third-order valence-corrected chi connectivity index (χ3v) is 3.47. The molecule has 4 heteroatoms. The summed E-state index contributed by atoms with van der Waals surface area (Å²) < 4.78 is 6.65. The second-order valence-corrected chi connectivity index (χ2v) is 4.70. The lowest BCUT2D eigenvalue weighted by atomic mass is 9.94. The molecule has 0 fully saturated rings. The summed E-state index contributed by atoms with van der Waals surface area (Å²) in [6, 6.07) is 10.0. The number of carbonyl (C=O) groups is 1. The lowest BCUT2D eigenvalue weighted by Gasteiger charge is -2.05. The van der Waals surface area contributed by atoms with E-state index in [0.717, 1.165) is 23.5 Å². The maximum absolute atomic E-state index is 11.2. The molecule has 19 heavy (non-hydrogen) atoms. The third-order valence-electron chi connectivity index (χ3n) is 3.47. The molecule has 1 heterocycles. The molecule has 0 aliphatic carbocycles. The fourth-order valence-corrected chi connectivity index (χ4v) is 2.37. The molecule has 0 bridgehead atoms. The van der Waals surface area contributed by atoms with Crippen LogP contribution in [0.4, 0.5) is 5.69 Å². The molecule has 0 N–H and O–H groups in total. The van der Waals surface area contributed by atoms with E-state index in [1.54, 1.807) is 0 Å². The molecular formula is C15H19N2O2+. The summed E-state index contributed by atoms with van der Waals surface area (Å²) in [4.78, 5) is 11.2. The molecule has 1 aliphatic rings. The molecule has 4 nitrogen and oxygen atoms in total. The molecule has 100 valence electrons. The Hall–Kier alpha value is -1.97. The number of methoxy groups -OCH3 is 1. The van der Waals surface area contributed by atoms with Crippen LogP contribution < -0.4 is 0 Å². The number of hydrogen-bond donors (Lipinski definition) is 0. The van der Waals surface area contributed by atoms with Crippen molar-refractivity contribution in [1.82, 2.24) is 0 Å². The highest BCUT2D eigenvalue weighted by atomic mass is 16.5. The van der Waals surface area contributed by atoms with Gasteiger partial charge in [0.15, 0.2) is 5.71 Å². The van der Waals surface area contributed by atoms with Crippen molar-refractivity contribution in [2.75, 3.05) is 7.11 Å². The van der Waals surface area contributed by atoms with Gasteiger partial charge in [-0.2, -0.15) is 0 Å². The van der Waals surface area contributed by atoms with E-state index in [4.69, 9.17) is 4.74 Å². The van der Waals surface area contributed by atoms with Gasteiger partial charge in [-0.15, -0.1) is 0 Å². The summed E-state index contributed by atoms with van der Waals surface area (Å²) in [7, 11) is 1.42. The normalized spacial score (nSPS) is 18.5. The minimum absolute atomic E-state index is 0.168. The van der Waals surface area contributed by atoms with Crippen molar-refractivity contribution in [3.05, 3.63) is 30.3 Å². The van der Waals surface area contributed by atoms with Gasteiger partial charge in [0.05, 0.1) is 18.7 Å². The molecule has 0 amide bonds. The van der Waals surface area contributed by atoms with Crippen LogP contribution >= 0.6 is 0 Å². The quantitative estimate of drug-likeness (QED) is 0.616. The molecule has 1 aliphatic heterocycles. The Morgan fingerprint density at radius 2 is 2.00 bits per heavy atom. The minimum Gasteiger partial charge on any atom is -0.469 e. The number of hydrogen-bond acceptors (Lipinski definition) is 3. The largest absolute Gasteiger partial charge is 0.469 e. The Labute approximate surface area is 113 Å². The number of rotatable bonds is 4. The number of benzene rings is 1. The van der Waals surface area contributed by atoms with E-state index in [9.17, 15) is 4.79 Å². The van der Waals surface area contributed by atoms with Crippen LogP contribution in [-0.4, -0.2) is 29.2 Å². The Morgan fingerprint density at radius 1 is 1.32 bits per heavy atom. The van der Waals surface area contributed by atoms with Gasteiger partial charge in [-0.1, -0.05) is 22.9 Å². The zero-order valence-corrected chi connectivity index (χ0v) is 11.6. The Kier molecular flexibility index (Phi) is 4.10. The molecule has 1 unspecified atom stereocenters. The summed E-state index contributed by atoms with van der Waals surface area (Å²) in [5, 5.41) is 4.59. The maximum atomic E-state index is 11.2. The van der Waals surface area contributed by atoms with Gasteiger partial charge in [0, 0.05) is 25.5 Å². The van der Waals surface area contributed by atoms with Crippen LogP contribution in [0.5, 0.6) is 0 Å². The van der Waals surface area contributed by atoms with E-state index in [1.165, 1.54) is 7.11 Å². The Bertz CT molecular complexity index is 532. The highest BCUT2D eigenvalue weighted by molar-refractivity contribution is 6.05. The van der Waals surface area contributed by atoms with E-state index < -0.39 is 0 Å². The molecule has 0 radical (unpaired) electrons. The lowest BCUT2D eigenvalue weighted by molar-refractivity contribution is -0.443. The average Bonchev–Trinajstić information content (AvgIpc) is 2.72. The molecule has 0 spiro atoms. The van der Waals surface area contributed by atoms with Crippen molar-refractivity contribution in [2.45, 2.75) is 26.7 Å². The number of hydrazone groups is 1. The first-order valence-corrected chi connectivity index (χ1v) is 6.44. The van der Waals surface area contributed by atoms with Gasteiger partial charge >= 0.3 is 5.97 Å². The highest BCUT2D eigenvalue weighted by Crippen LogP contribution is 2.23. The topological polar surface area (TPSA) is 41.7 Å². The highest BCUT2D eigenvalue weighted by Gasteiger charge is 2.33. The summed E-state index contributed by atoms with van der Waals surface area (Å²) in [5.41, 5.74) is 3.26. The number of esters is 1. The second-order valence-electron chi connectivity index (χ2n) is 4.70. The standard InChI is InChI=1S/C15H19N2O2/c1-11-14(9-10-15(18)19-3)12(2)17(16-11)13-7-5-4-6-8-13/h4-8,14H,9-10H2,1-3H3/q+1. The molecule has 0 saturated heterocycles. The van der Waals surface area contributed by atoms with Crippen LogP contribution in [0.15, 0.2) is 35.4 Å². The third kappa shape index (κ3) is 2.89. The van der Waals surface area contributed by atoms with E-state index in [2.05, 4.69) is 12.0 Å². The first-order valence-electron chi connectivity index (χ1n) is 6.44. The summed E-state index contributed by atoms with van der Waals surface area (Å²) >= 11 is 0. The predicted molar refractivity (Wildman–Crippen MR) is 74.9 cm³/mol. The van der Waals surface area contributed by atoms with Crippen LogP contribution in [0.3, 0.4) is 0 Å². The van der Waals surface area contributed by atoms with Crippen molar-refractivity contribution >= 4 is 23.1 Å². The van der Waals surface area contributed by atoms with E-state index in [-0.39, 0.29) is 11.9 Å². The van der Waals surface area contributed by atoms with E-state index in [1.807, 2.05) is 41.9 Å². The second kappa shape index (κ2) is 5.78. The summed E-state index contributed by atoms with van der Waals surface area (Å²) in [5.74, 6) is 0.0538. The van der Waals surface area contributed by atoms with Crippen LogP contribution in [0.1, 0.15) is 26.7 Å². The van der Waals surface area contributed by atoms with Gasteiger partial charge in [0.1, 0.15) is 0 Å². The van der Waals surface area contributed by atoms with Gasteiger partial charge in [-0.05, 0) is 18.4 Å². The van der Waals surface area contributed by atoms with Gasteiger partial charge < -0.3 is 4.74 Å². The van der Waals surface area contributed by atoms with Crippen LogP contribution in [0.25, 0.3) is 0 Å². The SMILES string of the molecule is COC(=O)CCC1C(C)=N[N+](c2ccccc2)=C1C. The molecule has 1 atom stereocenters. The van der Waals surface area contributed by atoms with Gasteiger partial charge in [0.2, 0.25) is 5.69 Å². The molecule has 2 rings (SSSR count). The fraction of sp³-hybridized carbons (Fsp3) is 0.400. The zero-order chi connectivity index (χ0) is 13.8. The number of carbonyl (C=O) groups excluding carboxylic acids is 1. The predicted octanol–water partition coefficient (Wildman–Crippen LogP) is 2.75. The van der Waals surface area contributed by atoms with Crippen molar-refractivity contribution in [3.8, 4) is 0 Å². The van der Waals surface area contributed by atoms with Crippen LogP contribution in [-0.2, 0) is 9.53 Å². The molecule has 0 saturated carbocycles. The number of para-hydroxylation sites is 1. The molecule has 1 aromatic carbocycles. The molecular weight excluding hydrogens is 240 g/mol. The van der Waals surface area contributed by atoms with Crippen molar-refractivity contribution in [1.29, 1.82) is 0 Å². The van der Waals surface area contributed by atoms with Gasteiger partial charge in [-0.3, -0.25) is 4.79 Å². The average molecular weight is 259 g/mol. The zero-order valence-electron chi connectivity index (χ0n) is 11.6. The lowest BCUT2D eigenvalue weighted by Crippen LogP contribution is -2.19. The van der Waals surface area contributed by atoms with E-state index in [0.29, 0.717) is 6.42 Å². The molecule has 0 aromatic heterocycles. The van der Waals surface area contributed by atoms with Crippen molar-refractivity contribution < 1.29 is 14.2 Å². The summed E-state index contributed by atoms with van der Waals surface area (Å²) in [6.45, 7) is 4.07. The van der Waals surface area contributed by atoms with E-state index >= 15 is 0 Å². The van der Waals surface area contributed by atoms with Crippen LogP contribution in [0.2, 0.25) is 0 Å². The monoisotopic (exact) mass is 259 g/mol. The van der Waals surface area contributed by atoms with Crippen molar-refractivity contribution in [3.63, 3.8) is 0 Å². The first kappa shape index (κ1) is 13.5. The number of nitrogens with zero attached hydrogens (tertiary/aromatic N) is 2. The molecule has 1 aromatic rings.